The van der Waals surface area contributed by atoms with Gasteiger partial charge in [-0.15, -0.1) is 0 Å². The maximum Gasteiger partial charge on any atom is 0.0743 e. The van der Waals surface area contributed by atoms with Crippen molar-refractivity contribution < 1.29 is 0 Å². The molecule has 0 atom stereocenters. The molecule has 106 valence electrons. The van der Waals surface area contributed by atoms with Crippen LogP contribution in [0.5, 0.6) is 0 Å². The van der Waals surface area contributed by atoms with Crippen LogP contribution in [0.25, 0.3) is 10.9 Å². The van der Waals surface area contributed by atoms with Crippen LogP contribution >= 0.6 is 31.9 Å². The maximum absolute atomic E-state index is 6.09. The molecule has 0 saturated heterocycles. The molecular weight excluding hydrogens is 394 g/mol. The first-order chi connectivity index (χ1) is 10.1. The summed E-state index contributed by atoms with van der Waals surface area (Å²) in [6.45, 7) is 0.692. The lowest BCUT2D eigenvalue weighted by atomic mass is 10.1. The summed E-state index contributed by atoms with van der Waals surface area (Å²) in [4.78, 5) is 4.36. The topological polar surface area (TPSA) is 50.9 Å². The number of nitrogens with zero attached hydrogens (tertiary/aromatic N) is 1. The van der Waals surface area contributed by atoms with E-state index in [0.29, 0.717) is 12.2 Å². The SMILES string of the molecule is Nc1cnc2ccc(Br)cc2c1NCc1ccccc1Br. The third-order valence-electron chi connectivity index (χ3n) is 3.27. The maximum atomic E-state index is 6.09. The van der Waals surface area contributed by atoms with Gasteiger partial charge in [-0.2, -0.15) is 0 Å². The van der Waals surface area contributed by atoms with Crippen molar-refractivity contribution in [1.29, 1.82) is 0 Å². The minimum atomic E-state index is 0.646. The second kappa shape index (κ2) is 6.03. The summed E-state index contributed by atoms with van der Waals surface area (Å²) in [5.41, 5.74) is 9.74. The van der Waals surface area contributed by atoms with E-state index in [1.807, 2.05) is 36.4 Å². The molecule has 21 heavy (non-hydrogen) atoms. The van der Waals surface area contributed by atoms with Crippen molar-refractivity contribution >= 4 is 54.1 Å². The first kappa shape index (κ1) is 14.4. The number of pyridine rings is 1. The van der Waals surface area contributed by atoms with Crippen LogP contribution in [-0.4, -0.2) is 4.98 Å². The van der Waals surface area contributed by atoms with Gasteiger partial charge in [0.25, 0.3) is 0 Å². The van der Waals surface area contributed by atoms with Gasteiger partial charge in [0.1, 0.15) is 0 Å². The molecule has 0 saturated carbocycles. The van der Waals surface area contributed by atoms with Crippen LogP contribution in [-0.2, 0) is 6.54 Å². The van der Waals surface area contributed by atoms with Crippen molar-refractivity contribution in [2.45, 2.75) is 6.54 Å². The van der Waals surface area contributed by atoms with E-state index in [4.69, 9.17) is 5.73 Å². The highest BCUT2D eigenvalue weighted by Gasteiger charge is 2.08. The molecule has 3 nitrogen and oxygen atoms in total. The molecule has 1 heterocycles. The molecule has 0 aliphatic carbocycles. The number of fused-ring (bicyclic) bond motifs is 1. The molecule has 0 aliphatic rings. The molecule has 0 amide bonds. The van der Waals surface area contributed by atoms with Gasteiger partial charge in [0, 0.05) is 20.9 Å². The number of aromatic nitrogens is 1. The van der Waals surface area contributed by atoms with Crippen molar-refractivity contribution in [3.63, 3.8) is 0 Å². The molecular formula is C16H13Br2N3. The molecule has 1 aromatic heterocycles. The molecule has 0 spiro atoms. The second-order valence-corrected chi connectivity index (χ2v) is 6.46. The Morgan fingerprint density at radius 3 is 2.71 bits per heavy atom. The molecule has 2 aromatic carbocycles. The van der Waals surface area contributed by atoms with E-state index in [0.717, 1.165) is 25.5 Å². The predicted octanol–water partition coefficient (Wildman–Crippen LogP) is 4.95. The minimum Gasteiger partial charge on any atom is -0.396 e. The Balaban J connectivity index is 1.98. The van der Waals surface area contributed by atoms with Gasteiger partial charge in [0.05, 0.1) is 23.1 Å². The van der Waals surface area contributed by atoms with E-state index < -0.39 is 0 Å². The number of rotatable bonds is 3. The summed E-state index contributed by atoms with van der Waals surface area (Å²) in [5, 5.41) is 4.44. The fourth-order valence-electron chi connectivity index (χ4n) is 2.20. The van der Waals surface area contributed by atoms with Gasteiger partial charge in [-0.3, -0.25) is 4.98 Å². The van der Waals surface area contributed by atoms with Crippen LogP contribution in [0.15, 0.2) is 57.6 Å². The number of halogens is 2. The fraction of sp³-hybridized carbons (Fsp3) is 0.0625. The summed E-state index contributed by atoms with van der Waals surface area (Å²) >= 11 is 7.05. The Hall–Kier alpha value is -1.59. The van der Waals surface area contributed by atoms with Crippen LogP contribution in [0.3, 0.4) is 0 Å². The quantitative estimate of drug-likeness (QED) is 0.646. The van der Waals surface area contributed by atoms with E-state index >= 15 is 0 Å². The van der Waals surface area contributed by atoms with E-state index in [1.54, 1.807) is 6.20 Å². The van der Waals surface area contributed by atoms with Gasteiger partial charge in [-0.25, -0.2) is 0 Å². The first-order valence-corrected chi connectivity index (χ1v) is 8.05. The minimum absolute atomic E-state index is 0.646. The summed E-state index contributed by atoms with van der Waals surface area (Å²) < 4.78 is 2.09. The van der Waals surface area contributed by atoms with Gasteiger partial charge in [0.2, 0.25) is 0 Å². The Kier molecular flexibility index (Phi) is 4.12. The number of nitrogens with one attached hydrogen (secondary N) is 1. The Morgan fingerprint density at radius 2 is 1.90 bits per heavy atom. The largest absolute Gasteiger partial charge is 0.396 e. The molecule has 3 rings (SSSR count). The third-order valence-corrected chi connectivity index (χ3v) is 4.54. The highest BCUT2D eigenvalue weighted by atomic mass is 79.9. The van der Waals surface area contributed by atoms with Gasteiger partial charge in [-0.1, -0.05) is 50.1 Å². The van der Waals surface area contributed by atoms with Crippen molar-refractivity contribution in [3.8, 4) is 0 Å². The molecule has 0 aliphatic heterocycles. The Bertz CT molecular complexity index is 797. The lowest BCUT2D eigenvalue weighted by Gasteiger charge is -2.13. The van der Waals surface area contributed by atoms with E-state index in [-0.39, 0.29) is 0 Å². The van der Waals surface area contributed by atoms with Crippen LogP contribution in [0.4, 0.5) is 11.4 Å². The monoisotopic (exact) mass is 405 g/mol. The molecule has 5 heteroatoms. The molecule has 0 bridgehead atoms. The number of anilines is 2. The zero-order valence-electron chi connectivity index (χ0n) is 11.1. The van der Waals surface area contributed by atoms with Crippen LogP contribution < -0.4 is 11.1 Å². The summed E-state index contributed by atoms with van der Waals surface area (Å²) in [5.74, 6) is 0. The van der Waals surface area contributed by atoms with Gasteiger partial charge in [0.15, 0.2) is 0 Å². The van der Waals surface area contributed by atoms with Crippen molar-refractivity contribution in [3.05, 3.63) is 63.2 Å². The summed E-state index contributed by atoms with van der Waals surface area (Å²) in [6, 6.07) is 14.1. The fourth-order valence-corrected chi connectivity index (χ4v) is 2.99. The van der Waals surface area contributed by atoms with Crippen LogP contribution in [0, 0.1) is 0 Å². The smallest absolute Gasteiger partial charge is 0.0743 e. The average molecular weight is 407 g/mol. The normalized spacial score (nSPS) is 10.8. The lowest BCUT2D eigenvalue weighted by Crippen LogP contribution is -2.04. The van der Waals surface area contributed by atoms with Gasteiger partial charge >= 0.3 is 0 Å². The number of nitrogen functional groups attached to an aromatic ring is 1. The third kappa shape index (κ3) is 3.04. The molecule has 0 fully saturated rings. The first-order valence-electron chi connectivity index (χ1n) is 6.46. The zero-order chi connectivity index (χ0) is 14.8. The molecule has 0 unspecified atom stereocenters. The van der Waals surface area contributed by atoms with Crippen LogP contribution in [0.1, 0.15) is 5.56 Å². The summed E-state index contributed by atoms with van der Waals surface area (Å²) in [6.07, 6.45) is 1.69. The van der Waals surface area contributed by atoms with Gasteiger partial charge in [-0.05, 0) is 29.8 Å². The predicted molar refractivity (Wildman–Crippen MR) is 95.3 cm³/mol. The molecule has 0 radical (unpaired) electrons. The van der Waals surface area contributed by atoms with Gasteiger partial charge < -0.3 is 11.1 Å². The number of benzene rings is 2. The lowest BCUT2D eigenvalue weighted by molar-refractivity contribution is 1.14. The summed E-state index contributed by atoms with van der Waals surface area (Å²) in [7, 11) is 0. The van der Waals surface area contributed by atoms with Crippen molar-refractivity contribution in [2.24, 2.45) is 0 Å². The van der Waals surface area contributed by atoms with E-state index in [2.05, 4.69) is 48.2 Å². The highest BCUT2D eigenvalue weighted by molar-refractivity contribution is 9.10. The highest BCUT2D eigenvalue weighted by Crippen LogP contribution is 2.30. The average Bonchev–Trinajstić information content (AvgIpc) is 2.48. The van der Waals surface area contributed by atoms with E-state index in [1.165, 1.54) is 5.56 Å². The van der Waals surface area contributed by atoms with Crippen molar-refractivity contribution in [1.82, 2.24) is 4.98 Å². The molecule has 3 aromatic rings. The second-order valence-electron chi connectivity index (χ2n) is 4.69. The van der Waals surface area contributed by atoms with Crippen molar-refractivity contribution in [2.75, 3.05) is 11.1 Å². The van der Waals surface area contributed by atoms with E-state index in [9.17, 15) is 0 Å². The molecule has 3 N–H and O–H groups in total. The number of hydrogen-bond donors (Lipinski definition) is 2. The number of nitrogens with two attached hydrogens (primary N) is 1. The Morgan fingerprint density at radius 1 is 1.10 bits per heavy atom. The number of hydrogen-bond acceptors (Lipinski definition) is 3. The van der Waals surface area contributed by atoms with Crippen LogP contribution in [0.2, 0.25) is 0 Å². The standard InChI is InChI=1S/C16H13Br2N3/c17-11-5-6-15-12(7-11)16(14(19)9-20-15)21-8-10-3-1-2-4-13(10)18/h1-7,9H,8,19H2,(H,20,21). The zero-order valence-corrected chi connectivity index (χ0v) is 14.3. The Labute approximate surface area is 139 Å².